The van der Waals surface area contributed by atoms with Crippen molar-refractivity contribution in [2.45, 2.75) is 19.8 Å². The quantitative estimate of drug-likeness (QED) is 0.773. The molecule has 0 amide bonds. The van der Waals surface area contributed by atoms with Gasteiger partial charge in [0.1, 0.15) is 0 Å². The molecule has 1 aliphatic heterocycles. The molecule has 0 bridgehead atoms. The maximum atomic E-state index is 4.59. The molecule has 0 spiro atoms. The highest BCUT2D eigenvalue weighted by molar-refractivity contribution is 5.57. The number of nitrogens with one attached hydrogen (secondary N) is 3. The molecule has 1 fully saturated rings. The molecule has 3 rings (SSSR count). The summed E-state index contributed by atoms with van der Waals surface area (Å²) < 4.78 is 0. The Morgan fingerprint density at radius 3 is 2.80 bits per heavy atom. The highest BCUT2D eigenvalue weighted by Gasteiger charge is 2.22. The molecule has 3 N–H and O–H groups in total. The average molecular weight is 275 g/mol. The van der Waals surface area contributed by atoms with Gasteiger partial charge in [-0.25, -0.2) is 0 Å². The second kappa shape index (κ2) is 5.62. The van der Waals surface area contributed by atoms with Gasteiger partial charge in [0.2, 0.25) is 5.95 Å². The average Bonchev–Trinajstić information content (AvgIpc) is 3.08. The van der Waals surface area contributed by atoms with Crippen LogP contribution in [0.5, 0.6) is 0 Å². The van der Waals surface area contributed by atoms with Crippen molar-refractivity contribution in [3.63, 3.8) is 0 Å². The predicted molar refractivity (Wildman–Crippen MR) is 77.6 cm³/mol. The smallest absolute Gasteiger partial charge is 0.245 e. The largest absolute Gasteiger partial charge is 0.340 e. The van der Waals surface area contributed by atoms with Crippen molar-refractivity contribution < 1.29 is 0 Å². The number of aryl methyl sites for hydroxylation is 1. The highest BCUT2D eigenvalue weighted by atomic mass is 15.4. The summed E-state index contributed by atoms with van der Waals surface area (Å²) in [4.78, 5) is 6.84. The first-order chi connectivity index (χ1) is 9.78. The monoisotopic (exact) mass is 275 g/mol. The van der Waals surface area contributed by atoms with Gasteiger partial charge in [-0.3, -0.25) is 10.2 Å². The minimum atomic E-state index is 0.769. The third kappa shape index (κ3) is 2.53. The zero-order valence-electron chi connectivity index (χ0n) is 12.0. The number of piperidine rings is 1. The van der Waals surface area contributed by atoms with Crippen LogP contribution in [0.25, 0.3) is 11.4 Å². The van der Waals surface area contributed by atoms with E-state index < -0.39 is 0 Å². The maximum absolute atomic E-state index is 4.59. The van der Waals surface area contributed by atoms with Crippen molar-refractivity contribution in [3.05, 3.63) is 11.9 Å². The summed E-state index contributed by atoms with van der Waals surface area (Å²) in [6.07, 6.45) is 4.16. The topological polar surface area (TPSA) is 85.5 Å². The van der Waals surface area contributed by atoms with Crippen molar-refractivity contribution in [1.29, 1.82) is 0 Å². The molecule has 7 heteroatoms. The lowest BCUT2D eigenvalue weighted by Crippen LogP contribution is -2.37. The number of hydrogen-bond donors (Lipinski definition) is 3. The molecule has 1 saturated heterocycles. The zero-order chi connectivity index (χ0) is 13.9. The summed E-state index contributed by atoms with van der Waals surface area (Å²) in [7, 11) is 2.02. The fraction of sp³-hybridized carbons (Fsp3) is 0.615. The standard InChI is InChI=1S/C13H21N7/c1-9-11(8-15-17-9)12-16-13(19-18-12)20-5-3-10(4-6-20)7-14-2/h8,10,14H,3-7H2,1-2H3,(H,15,17)(H,16,18,19). The fourth-order valence-electron chi connectivity index (χ4n) is 2.73. The van der Waals surface area contributed by atoms with E-state index in [1.54, 1.807) is 6.20 Å². The molecule has 2 aromatic rings. The molecule has 0 unspecified atom stereocenters. The first-order valence-corrected chi connectivity index (χ1v) is 7.10. The Labute approximate surface area is 118 Å². The molecule has 0 atom stereocenters. The summed E-state index contributed by atoms with van der Waals surface area (Å²) >= 11 is 0. The Hall–Kier alpha value is -1.89. The van der Waals surface area contributed by atoms with Gasteiger partial charge in [-0.1, -0.05) is 0 Å². The summed E-state index contributed by atoms with van der Waals surface area (Å²) in [6.45, 7) is 5.12. The van der Waals surface area contributed by atoms with E-state index >= 15 is 0 Å². The lowest BCUT2D eigenvalue weighted by atomic mass is 9.97. The van der Waals surface area contributed by atoms with Crippen LogP contribution in [0.2, 0.25) is 0 Å². The van der Waals surface area contributed by atoms with Crippen LogP contribution in [-0.4, -0.2) is 52.1 Å². The number of aromatic nitrogens is 5. The predicted octanol–water partition coefficient (Wildman–Crippen LogP) is 0.939. The molecule has 1 aliphatic rings. The first kappa shape index (κ1) is 13.1. The summed E-state index contributed by atoms with van der Waals surface area (Å²) in [5.41, 5.74) is 1.98. The van der Waals surface area contributed by atoms with Crippen molar-refractivity contribution >= 4 is 5.95 Å². The first-order valence-electron chi connectivity index (χ1n) is 7.10. The van der Waals surface area contributed by atoms with Crippen LogP contribution in [0.1, 0.15) is 18.5 Å². The van der Waals surface area contributed by atoms with E-state index in [2.05, 4.69) is 35.6 Å². The van der Waals surface area contributed by atoms with E-state index in [1.165, 1.54) is 12.8 Å². The normalized spacial score (nSPS) is 16.8. The van der Waals surface area contributed by atoms with E-state index in [1.807, 2.05) is 14.0 Å². The Balaban J connectivity index is 1.68. The number of hydrogen-bond acceptors (Lipinski definition) is 5. The van der Waals surface area contributed by atoms with E-state index in [-0.39, 0.29) is 0 Å². The molecule has 0 saturated carbocycles. The molecule has 2 aromatic heterocycles. The SMILES string of the molecule is CNCC1CCN(c2n[nH]c(-c3cn[nH]c3C)n2)CC1. The lowest BCUT2D eigenvalue weighted by Gasteiger charge is -2.30. The van der Waals surface area contributed by atoms with Crippen LogP contribution >= 0.6 is 0 Å². The van der Waals surface area contributed by atoms with Gasteiger partial charge in [0.25, 0.3) is 0 Å². The van der Waals surface area contributed by atoms with E-state index in [4.69, 9.17) is 0 Å². The summed E-state index contributed by atoms with van der Waals surface area (Å²) in [5.74, 6) is 2.35. The van der Waals surface area contributed by atoms with Gasteiger partial charge < -0.3 is 10.2 Å². The van der Waals surface area contributed by atoms with Gasteiger partial charge in [-0.2, -0.15) is 10.1 Å². The van der Waals surface area contributed by atoms with E-state index in [0.29, 0.717) is 0 Å². The van der Waals surface area contributed by atoms with Crippen LogP contribution in [0, 0.1) is 12.8 Å². The molecule has 0 radical (unpaired) electrons. The molecule has 3 heterocycles. The third-order valence-electron chi connectivity index (χ3n) is 3.95. The molecule has 108 valence electrons. The second-order valence-corrected chi connectivity index (χ2v) is 5.38. The van der Waals surface area contributed by atoms with Crippen molar-refractivity contribution in [2.75, 3.05) is 31.6 Å². The van der Waals surface area contributed by atoms with Gasteiger partial charge >= 0.3 is 0 Å². The number of rotatable bonds is 4. The van der Waals surface area contributed by atoms with E-state index in [9.17, 15) is 0 Å². The number of nitrogens with zero attached hydrogens (tertiary/aromatic N) is 4. The Morgan fingerprint density at radius 2 is 2.15 bits per heavy atom. The minimum Gasteiger partial charge on any atom is -0.340 e. The lowest BCUT2D eigenvalue weighted by molar-refractivity contribution is 0.391. The van der Waals surface area contributed by atoms with Crippen molar-refractivity contribution in [2.24, 2.45) is 5.92 Å². The van der Waals surface area contributed by atoms with Gasteiger partial charge in [0, 0.05) is 18.8 Å². The Kier molecular flexibility index (Phi) is 3.68. The molecule has 7 nitrogen and oxygen atoms in total. The van der Waals surface area contributed by atoms with Crippen molar-refractivity contribution in [1.82, 2.24) is 30.7 Å². The van der Waals surface area contributed by atoms with Gasteiger partial charge in [0.15, 0.2) is 5.82 Å². The minimum absolute atomic E-state index is 0.769. The Morgan fingerprint density at radius 1 is 1.35 bits per heavy atom. The molecule has 0 aliphatic carbocycles. The van der Waals surface area contributed by atoms with Crippen LogP contribution in [0.3, 0.4) is 0 Å². The molecular formula is C13H21N7. The van der Waals surface area contributed by atoms with Gasteiger partial charge in [-0.05, 0) is 39.3 Å². The molecule has 20 heavy (non-hydrogen) atoms. The van der Waals surface area contributed by atoms with Crippen LogP contribution in [0.15, 0.2) is 6.20 Å². The highest BCUT2D eigenvalue weighted by Crippen LogP contribution is 2.23. The van der Waals surface area contributed by atoms with Crippen LogP contribution < -0.4 is 10.2 Å². The van der Waals surface area contributed by atoms with Crippen LogP contribution in [0.4, 0.5) is 5.95 Å². The number of anilines is 1. The number of H-pyrrole nitrogens is 2. The van der Waals surface area contributed by atoms with Crippen molar-refractivity contribution in [3.8, 4) is 11.4 Å². The Bertz CT molecular complexity index is 551. The summed E-state index contributed by atoms with van der Waals surface area (Å²) in [6, 6.07) is 0. The van der Waals surface area contributed by atoms with Gasteiger partial charge in [-0.15, -0.1) is 5.10 Å². The van der Waals surface area contributed by atoms with Gasteiger partial charge in [0.05, 0.1) is 11.8 Å². The molecule has 0 aromatic carbocycles. The fourth-order valence-corrected chi connectivity index (χ4v) is 2.73. The van der Waals surface area contributed by atoms with Crippen LogP contribution in [-0.2, 0) is 0 Å². The third-order valence-corrected chi connectivity index (χ3v) is 3.95. The number of aromatic amines is 2. The van der Waals surface area contributed by atoms with E-state index in [0.717, 1.165) is 48.6 Å². The molecular weight excluding hydrogens is 254 g/mol. The summed E-state index contributed by atoms with van der Waals surface area (Å²) in [5, 5.41) is 17.5. The zero-order valence-corrected chi connectivity index (χ0v) is 12.0. The second-order valence-electron chi connectivity index (χ2n) is 5.38. The maximum Gasteiger partial charge on any atom is 0.245 e.